The first-order chi connectivity index (χ1) is 11.1. The summed E-state index contributed by atoms with van der Waals surface area (Å²) in [4.78, 5) is 14.9. The van der Waals surface area contributed by atoms with Gasteiger partial charge in [0.1, 0.15) is 5.69 Å². The van der Waals surface area contributed by atoms with Crippen LogP contribution in [0.3, 0.4) is 0 Å². The second-order valence-electron chi connectivity index (χ2n) is 4.40. The zero-order valence-corrected chi connectivity index (χ0v) is 13.2. The molecule has 1 heterocycles. The summed E-state index contributed by atoms with van der Waals surface area (Å²) in [5, 5.41) is 10.1. The minimum Gasteiger partial charge on any atom is -0.493 e. The van der Waals surface area contributed by atoms with Gasteiger partial charge in [-0.3, -0.25) is 5.43 Å². The van der Waals surface area contributed by atoms with Crippen molar-refractivity contribution in [1.82, 2.24) is 15.2 Å². The molecule has 0 atom stereocenters. The Morgan fingerprint density at radius 3 is 2.39 bits per heavy atom. The number of aromatic amines is 1. The molecule has 1 aromatic heterocycles. The van der Waals surface area contributed by atoms with E-state index in [0.29, 0.717) is 28.5 Å². The molecule has 2 aromatic rings. The fraction of sp³-hybridized carbons (Fsp3) is 0.286. The summed E-state index contributed by atoms with van der Waals surface area (Å²) in [5.41, 5.74) is 3.34. The van der Waals surface area contributed by atoms with E-state index in [1.54, 1.807) is 19.1 Å². The third kappa shape index (κ3) is 3.76. The van der Waals surface area contributed by atoms with Crippen molar-refractivity contribution in [3.05, 3.63) is 33.9 Å². The Morgan fingerprint density at radius 1 is 1.17 bits per heavy atom. The summed E-state index contributed by atoms with van der Waals surface area (Å²) in [6, 6.07) is 3.48. The van der Waals surface area contributed by atoms with E-state index in [1.165, 1.54) is 27.5 Å². The first-order valence-corrected chi connectivity index (χ1v) is 6.61. The molecule has 0 aliphatic carbocycles. The Hall–Kier alpha value is -3.10. The molecular formula is C14H17N5O4. The monoisotopic (exact) mass is 319 g/mol. The summed E-state index contributed by atoms with van der Waals surface area (Å²) in [7, 11) is 4.60. The lowest BCUT2D eigenvalue weighted by Crippen LogP contribution is -2.15. The lowest BCUT2D eigenvalue weighted by atomic mass is 10.2. The molecule has 0 unspecified atom stereocenters. The Balaban J connectivity index is 2.25. The zero-order valence-electron chi connectivity index (χ0n) is 13.2. The van der Waals surface area contributed by atoms with E-state index in [2.05, 4.69) is 25.7 Å². The number of nitrogens with one attached hydrogen (secondary N) is 2. The van der Waals surface area contributed by atoms with Gasteiger partial charge in [0.2, 0.25) is 5.75 Å². The number of anilines is 1. The highest BCUT2D eigenvalue weighted by Crippen LogP contribution is 2.37. The van der Waals surface area contributed by atoms with Gasteiger partial charge in [0.15, 0.2) is 17.3 Å². The van der Waals surface area contributed by atoms with Gasteiger partial charge in [-0.15, -0.1) is 0 Å². The predicted octanol–water partition coefficient (Wildman–Crippen LogP) is 0.945. The molecule has 0 aliphatic rings. The van der Waals surface area contributed by atoms with Crippen LogP contribution in [0.5, 0.6) is 17.2 Å². The molecule has 0 fully saturated rings. The maximum Gasteiger partial charge on any atom is 0.363 e. The first-order valence-electron chi connectivity index (χ1n) is 6.61. The van der Waals surface area contributed by atoms with Crippen molar-refractivity contribution in [1.29, 1.82) is 0 Å². The quantitative estimate of drug-likeness (QED) is 0.602. The van der Waals surface area contributed by atoms with Crippen LogP contribution in [0.1, 0.15) is 11.3 Å². The highest BCUT2D eigenvalue weighted by atomic mass is 16.5. The second kappa shape index (κ2) is 7.25. The van der Waals surface area contributed by atoms with E-state index in [0.717, 1.165) is 0 Å². The Morgan fingerprint density at radius 2 is 1.83 bits per heavy atom. The molecule has 0 spiro atoms. The number of aromatic nitrogens is 3. The molecule has 122 valence electrons. The van der Waals surface area contributed by atoms with Crippen molar-refractivity contribution in [3.63, 3.8) is 0 Å². The van der Waals surface area contributed by atoms with E-state index < -0.39 is 5.69 Å². The number of H-pyrrole nitrogens is 1. The van der Waals surface area contributed by atoms with E-state index in [1.807, 2.05) is 0 Å². The molecule has 2 N–H and O–H groups in total. The number of aryl methyl sites for hydroxylation is 1. The highest BCUT2D eigenvalue weighted by Gasteiger charge is 2.12. The van der Waals surface area contributed by atoms with Crippen LogP contribution in [-0.2, 0) is 0 Å². The number of nitrogens with zero attached hydrogens (tertiary/aromatic N) is 3. The van der Waals surface area contributed by atoms with Crippen molar-refractivity contribution < 1.29 is 14.2 Å². The molecule has 0 saturated heterocycles. The minimum atomic E-state index is -0.555. The maximum atomic E-state index is 11.1. The van der Waals surface area contributed by atoms with Crippen LogP contribution in [0.25, 0.3) is 0 Å². The van der Waals surface area contributed by atoms with E-state index >= 15 is 0 Å². The van der Waals surface area contributed by atoms with Gasteiger partial charge in [0.25, 0.3) is 0 Å². The topological polar surface area (TPSA) is 111 Å². The number of hydrazone groups is 1. The molecule has 0 bridgehead atoms. The normalized spacial score (nSPS) is 10.6. The lowest BCUT2D eigenvalue weighted by Gasteiger charge is -2.12. The third-order valence-corrected chi connectivity index (χ3v) is 2.95. The summed E-state index contributed by atoms with van der Waals surface area (Å²) in [6.07, 6.45) is 1.53. The van der Waals surface area contributed by atoms with Gasteiger partial charge in [0.05, 0.1) is 27.5 Å². The fourth-order valence-corrected chi connectivity index (χ4v) is 1.84. The number of methoxy groups -OCH3 is 3. The van der Waals surface area contributed by atoms with Crippen LogP contribution in [0.4, 0.5) is 5.82 Å². The number of ether oxygens (including phenoxy) is 3. The van der Waals surface area contributed by atoms with Gasteiger partial charge >= 0.3 is 5.69 Å². The smallest absolute Gasteiger partial charge is 0.363 e. The van der Waals surface area contributed by atoms with Crippen molar-refractivity contribution >= 4 is 12.0 Å². The molecule has 0 amide bonds. The van der Waals surface area contributed by atoms with Crippen LogP contribution in [0.2, 0.25) is 0 Å². The Kier molecular flexibility index (Phi) is 5.13. The number of hydrogen-bond acceptors (Lipinski definition) is 8. The minimum absolute atomic E-state index is 0.275. The van der Waals surface area contributed by atoms with Crippen molar-refractivity contribution in [3.8, 4) is 17.2 Å². The standard InChI is InChI=1S/C14H17N5O4/c1-8-13(16-14(20)19-17-8)18-15-7-9-5-10(21-2)12(23-4)11(6-9)22-3/h5-7H,1-4H3,(H2,16,18,19,20). The van der Waals surface area contributed by atoms with Gasteiger partial charge in [-0.2, -0.15) is 15.2 Å². The maximum absolute atomic E-state index is 11.1. The molecule has 0 saturated carbocycles. The summed E-state index contributed by atoms with van der Waals surface area (Å²) in [5.74, 6) is 1.80. The van der Waals surface area contributed by atoms with Crippen LogP contribution >= 0.6 is 0 Å². The first kappa shape index (κ1) is 16.3. The fourth-order valence-electron chi connectivity index (χ4n) is 1.84. The van der Waals surface area contributed by atoms with Crippen LogP contribution in [-0.4, -0.2) is 42.7 Å². The zero-order chi connectivity index (χ0) is 16.8. The molecule has 23 heavy (non-hydrogen) atoms. The summed E-state index contributed by atoms with van der Waals surface area (Å²) >= 11 is 0. The van der Waals surface area contributed by atoms with Crippen molar-refractivity contribution in [2.45, 2.75) is 6.92 Å². The molecule has 9 heteroatoms. The predicted molar refractivity (Wildman–Crippen MR) is 84.7 cm³/mol. The van der Waals surface area contributed by atoms with Crippen molar-refractivity contribution in [2.24, 2.45) is 5.10 Å². The van der Waals surface area contributed by atoms with E-state index in [-0.39, 0.29) is 5.82 Å². The summed E-state index contributed by atoms with van der Waals surface area (Å²) < 4.78 is 15.8. The van der Waals surface area contributed by atoms with Gasteiger partial charge < -0.3 is 14.2 Å². The molecule has 1 aromatic carbocycles. The molecule has 0 aliphatic heterocycles. The van der Waals surface area contributed by atoms with Crippen LogP contribution in [0.15, 0.2) is 22.0 Å². The van der Waals surface area contributed by atoms with Crippen LogP contribution in [0, 0.1) is 6.92 Å². The molecule has 9 nitrogen and oxygen atoms in total. The summed E-state index contributed by atoms with van der Waals surface area (Å²) in [6.45, 7) is 1.69. The average molecular weight is 319 g/mol. The lowest BCUT2D eigenvalue weighted by molar-refractivity contribution is 0.324. The largest absolute Gasteiger partial charge is 0.493 e. The number of benzene rings is 1. The van der Waals surface area contributed by atoms with Crippen molar-refractivity contribution in [2.75, 3.05) is 26.8 Å². The average Bonchev–Trinajstić information content (AvgIpc) is 2.56. The second-order valence-corrected chi connectivity index (χ2v) is 4.40. The molecular weight excluding hydrogens is 302 g/mol. The Bertz CT molecular complexity index is 747. The number of rotatable bonds is 6. The van der Waals surface area contributed by atoms with E-state index in [4.69, 9.17) is 14.2 Å². The van der Waals surface area contributed by atoms with Crippen LogP contribution < -0.4 is 25.3 Å². The Labute approximate surface area is 132 Å². The third-order valence-electron chi connectivity index (χ3n) is 2.95. The van der Waals surface area contributed by atoms with E-state index in [9.17, 15) is 4.79 Å². The molecule has 2 rings (SSSR count). The highest BCUT2D eigenvalue weighted by molar-refractivity contribution is 5.83. The van der Waals surface area contributed by atoms with Gasteiger partial charge in [-0.25, -0.2) is 9.89 Å². The molecule has 0 radical (unpaired) electrons. The SMILES string of the molecule is COc1cc(C=NNc2nc(=O)[nH]nc2C)cc(OC)c1OC. The van der Waals surface area contributed by atoms with Gasteiger partial charge in [-0.05, 0) is 19.1 Å². The van der Waals surface area contributed by atoms with Gasteiger partial charge in [0, 0.05) is 5.56 Å². The van der Waals surface area contributed by atoms with Gasteiger partial charge in [-0.1, -0.05) is 0 Å². The number of hydrogen-bond donors (Lipinski definition) is 2.